The SMILES string of the molecule is O=C(NC1CC1)C(Sc1nnnn1-c1ccc(Cl)cc1)c1ccc(F)cc1. The molecule has 1 fully saturated rings. The molecular formula is C18H15ClFN5OS. The molecule has 4 rings (SSSR count). The van der Waals surface area contributed by atoms with Crippen LogP contribution in [0.4, 0.5) is 4.39 Å². The number of nitrogens with zero attached hydrogens (tertiary/aromatic N) is 4. The summed E-state index contributed by atoms with van der Waals surface area (Å²) < 4.78 is 14.9. The van der Waals surface area contributed by atoms with E-state index >= 15 is 0 Å². The van der Waals surface area contributed by atoms with E-state index in [-0.39, 0.29) is 17.8 Å². The molecule has 1 N–H and O–H groups in total. The third kappa shape index (κ3) is 4.28. The van der Waals surface area contributed by atoms with E-state index in [4.69, 9.17) is 11.6 Å². The summed E-state index contributed by atoms with van der Waals surface area (Å²) in [6.07, 6.45) is 1.96. The molecule has 1 heterocycles. The number of halogens is 2. The second-order valence-electron chi connectivity index (χ2n) is 6.18. The molecular weight excluding hydrogens is 389 g/mol. The molecule has 0 bridgehead atoms. The van der Waals surface area contributed by atoms with Gasteiger partial charge in [-0.25, -0.2) is 4.39 Å². The highest BCUT2D eigenvalue weighted by atomic mass is 35.5. The minimum absolute atomic E-state index is 0.139. The van der Waals surface area contributed by atoms with Gasteiger partial charge in [0.2, 0.25) is 11.1 Å². The zero-order valence-corrected chi connectivity index (χ0v) is 15.6. The first kappa shape index (κ1) is 17.9. The van der Waals surface area contributed by atoms with Crippen LogP contribution in [0.2, 0.25) is 5.02 Å². The van der Waals surface area contributed by atoms with Crippen LogP contribution >= 0.6 is 23.4 Å². The number of hydrogen-bond donors (Lipinski definition) is 1. The Morgan fingerprint density at radius 1 is 1.19 bits per heavy atom. The molecule has 1 atom stereocenters. The molecule has 1 amide bonds. The Hall–Kier alpha value is -2.45. The fraction of sp³-hybridized carbons (Fsp3) is 0.222. The van der Waals surface area contributed by atoms with Crippen molar-refractivity contribution in [2.45, 2.75) is 29.3 Å². The van der Waals surface area contributed by atoms with Crippen molar-refractivity contribution in [2.75, 3.05) is 0 Å². The Labute approximate surface area is 164 Å². The second kappa shape index (κ2) is 7.66. The van der Waals surface area contributed by atoms with Crippen LogP contribution < -0.4 is 5.32 Å². The summed E-state index contributed by atoms with van der Waals surface area (Å²) in [4.78, 5) is 12.8. The number of hydrogen-bond acceptors (Lipinski definition) is 5. The maximum atomic E-state index is 13.3. The summed E-state index contributed by atoms with van der Waals surface area (Å²) >= 11 is 7.15. The van der Waals surface area contributed by atoms with Gasteiger partial charge in [0.15, 0.2) is 0 Å². The third-order valence-electron chi connectivity index (χ3n) is 4.07. The summed E-state index contributed by atoms with van der Waals surface area (Å²) in [5, 5.41) is 15.3. The van der Waals surface area contributed by atoms with Crippen LogP contribution in [0.3, 0.4) is 0 Å². The van der Waals surface area contributed by atoms with Crippen molar-refractivity contribution >= 4 is 29.3 Å². The number of thioether (sulfide) groups is 1. The van der Waals surface area contributed by atoms with Crippen molar-refractivity contribution in [3.8, 4) is 5.69 Å². The molecule has 0 radical (unpaired) electrons. The molecule has 1 aliphatic carbocycles. The number of aromatic nitrogens is 4. The largest absolute Gasteiger partial charge is 0.352 e. The monoisotopic (exact) mass is 403 g/mol. The zero-order chi connectivity index (χ0) is 18.8. The van der Waals surface area contributed by atoms with Gasteiger partial charge in [-0.2, -0.15) is 4.68 Å². The first-order valence-electron chi connectivity index (χ1n) is 8.37. The van der Waals surface area contributed by atoms with E-state index in [0.29, 0.717) is 15.7 Å². The Morgan fingerprint density at radius 2 is 1.89 bits per heavy atom. The van der Waals surface area contributed by atoms with E-state index in [1.54, 1.807) is 41.1 Å². The van der Waals surface area contributed by atoms with Crippen molar-refractivity contribution in [1.82, 2.24) is 25.5 Å². The number of carbonyl (C=O) groups excluding carboxylic acids is 1. The summed E-state index contributed by atoms with van der Waals surface area (Å²) in [5.74, 6) is -0.490. The number of nitrogens with one attached hydrogen (secondary N) is 1. The summed E-state index contributed by atoms with van der Waals surface area (Å²) in [5.41, 5.74) is 1.41. The first-order chi connectivity index (χ1) is 13.1. The average Bonchev–Trinajstić information content (AvgIpc) is 3.36. The normalized spacial score (nSPS) is 14.7. The van der Waals surface area contributed by atoms with Crippen molar-refractivity contribution in [3.05, 3.63) is 64.9 Å². The number of rotatable bonds is 6. The molecule has 2 aromatic carbocycles. The molecule has 9 heteroatoms. The van der Waals surface area contributed by atoms with Gasteiger partial charge in [-0.3, -0.25) is 4.79 Å². The van der Waals surface area contributed by atoms with Crippen molar-refractivity contribution in [2.24, 2.45) is 0 Å². The lowest BCUT2D eigenvalue weighted by Crippen LogP contribution is -2.30. The topological polar surface area (TPSA) is 72.7 Å². The fourth-order valence-corrected chi connectivity index (χ4v) is 3.65. The highest BCUT2D eigenvalue weighted by molar-refractivity contribution is 8.00. The van der Waals surface area contributed by atoms with E-state index in [0.717, 1.165) is 18.5 Å². The van der Waals surface area contributed by atoms with Crippen LogP contribution in [-0.2, 0) is 4.79 Å². The molecule has 1 aliphatic rings. The van der Waals surface area contributed by atoms with E-state index in [9.17, 15) is 9.18 Å². The molecule has 0 spiro atoms. The van der Waals surface area contributed by atoms with Gasteiger partial charge in [0.05, 0.1) is 5.69 Å². The van der Waals surface area contributed by atoms with Crippen LogP contribution in [0.1, 0.15) is 23.7 Å². The molecule has 0 saturated heterocycles. The molecule has 6 nitrogen and oxygen atoms in total. The zero-order valence-electron chi connectivity index (χ0n) is 14.0. The number of benzene rings is 2. The maximum absolute atomic E-state index is 13.3. The maximum Gasteiger partial charge on any atom is 0.238 e. The minimum Gasteiger partial charge on any atom is -0.352 e. The van der Waals surface area contributed by atoms with E-state index in [1.807, 2.05) is 0 Å². The summed E-state index contributed by atoms with van der Waals surface area (Å²) in [7, 11) is 0. The van der Waals surface area contributed by atoms with Crippen molar-refractivity contribution < 1.29 is 9.18 Å². The van der Waals surface area contributed by atoms with Crippen LogP contribution in [-0.4, -0.2) is 32.2 Å². The van der Waals surface area contributed by atoms with Crippen molar-refractivity contribution in [3.63, 3.8) is 0 Å². The molecule has 1 aromatic heterocycles. The van der Waals surface area contributed by atoms with E-state index in [1.165, 1.54) is 23.9 Å². The standard InChI is InChI=1S/C18H15ClFN5OS/c19-12-3-9-15(10-4-12)25-18(22-23-24-25)27-16(17(26)21-14-7-8-14)11-1-5-13(20)6-2-11/h1-6,9-10,14,16H,7-8H2,(H,21,26). The fourth-order valence-electron chi connectivity index (χ4n) is 2.52. The van der Waals surface area contributed by atoms with Crippen LogP contribution in [0.25, 0.3) is 5.69 Å². The summed E-state index contributed by atoms with van der Waals surface area (Å²) in [6.45, 7) is 0. The third-order valence-corrected chi connectivity index (χ3v) is 5.51. The van der Waals surface area contributed by atoms with Gasteiger partial charge >= 0.3 is 0 Å². The lowest BCUT2D eigenvalue weighted by Gasteiger charge is -2.16. The predicted molar refractivity (Wildman–Crippen MR) is 100 cm³/mol. The van der Waals surface area contributed by atoms with Gasteiger partial charge in [-0.05, 0) is 65.2 Å². The lowest BCUT2D eigenvalue weighted by atomic mass is 10.1. The van der Waals surface area contributed by atoms with Gasteiger partial charge in [0.25, 0.3) is 0 Å². The molecule has 27 heavy (non-hydrogen) atoms. The minimum atomic E-state index is -0.594. The Bertz CT molecular complexity index is 943. The van der Waals surface area contributed by atoms with Crippen LogP contribution in [0, 0.1) is 5.82 Å². The van der Waals surface area contributed by atoms with E-state index in [2.05, 4.69) is 20.8 Å². The quantitative estimate of drug-likeness (QED) is 0.637. The van der Waals surface area contributed by atoms with Gasteiger partial charge in [-0.15, -0.1) is 5.10 Å². The van der Waals surface area contributed by atoms with E-state index < -0.39 is 5.25 Å². The average molecular weight is 404 g/mol. The summed E-state index contributed by atoms with van der Waals surface area (Å²) in [6, 6.07) is 13.2. The molecule has 0 aliphatic heterocycles. The highest BCUT2D eigenvalue weighted by Crippen LogP contribution is 2.36. The predicted octanol–water partition coefficient (Wildman–Crippen LogP) is 3.57. The Balaban J connectivity index is 1.63. The highest BCUT2D eigenvalue weighted by Gasteiger charge is 2.30. The van der Waals surface area contributed by atoms with Crippen LogP contribution in [0.15, 0.2) is 53.7 Å². The molecule has 1 saturated carbocycles. The van der Waals surface area contributed by atoms with Crippen molar-refractivity contribution in [1.29, 1.82) is 0 Å². The van der Waals surface area contributed by atoms with Gasteiger partial charge < -0.3 is 5.32 Å². The second-order valence-corrected chi connectivity index (χ2v) is 7.69. The number of amides is 1. The van der Waals surface area contributed by atoms with Gasteiger partial charge in [0.1, 0.15) is 11.1 Å². The van der Waals surface area contributed by atoms with Crippen LogP contribution in [0.5, 0.6) is 0 Å². The van der Waals surface area contributed by atoms with Gasteiger partial charge in [0, 0.05) is 11.1 Å². The molecule has 138 valence electrons. The van der Waals surface area contributed by atoms with Gasteiger partial charge in [-0.1, -0.05) is 35.5 Å². The molecule has 1 unspecified atom stereocenters. The lowest BCUT2D eigenvalue weighted by molar-refractivity contribution is -0.120. The Kier molecular flexibility index (Phi) is 5.09. The number of tetrazole rings is 1. The Morgan fingerprint density at radius 3 is 2.56 bits per heavy atom. The number of carbonyl (C=O) groups is 1. The smallest absolute Gasteiger partial charge is 0.238 e. The first-order valence-corrected chi connectivity index (χ1v) is 9.63. The molecule has 3 aromatic rings.